The van der Waals surface area contributed by atoms with Crippen molar-refractivity contribution in [2.75, 3.05) is 33.3 Å². The highest BCUT2D eigenvalue weighted by Gasteiger charge is 2.24. The summed E-state index contributed by atoms with van der Waals surface area (Å²) in [4.78, 5) is 21.6. The number of amides is 1. The predicted octanol–water partition coefficient (Wildman–Crippen LogP) is 4.27. The standard InChI is InChI=1S/C23H24ClN3O3/c1-16-21(25-22(30-16)19-8-3-4-9-20(19)24)15-26-10-12-27(13-11-26)23(28)17-6-5-7-18(14-17)29-2/h3-9,14H,10-13,15H2,1-2H3. The number of ether oxygens (including phenoxy) is 1. The van der Waals surface area contributed by atoms with Gasteiger partial charge < -0.3 is 14.1 Å². The van der Waals surface area contributed by atoms with Crippen molar-refractivity contribution in [3.05, 3.63) is 70.6 Å². The molecule has 1 amide bonds. The second-order valence-electron chi connectivity index (χ2n) is 7.30. The van der Waals surface area contributed by atoms with Gasteiger partial charge in [0.05, 0.1) is 23.4 Å². The molecule has 1 fully saturated rings. The van der Waals surface area contributed by atoms with Gasteiger partial charge in [0, 0.05) is 38.3 Å². The number of methoxy groups -OCH3 is 1. The average Bonchev–Trinajstić information content (AvgIpc) is 3.14. The van der Waals surface area contributed by atoms with Gasteiger partial charge in [0.25, 0.3) is 5.91 Å². The number of piperazine rings is 1. The van der Waals surface area contributed by atoms with Crippen molar-refractivity contribution in [3.63, 3.8) is 0 Å². The van der Waals surface area contributed by atoms with E-state index in [0.29, 0.717) is 41.9 Å². The van der Waals surface area contributed by atoms with E-state index in [1.165, 1.54) is 0 Å². The summed E-state index contributed by atoms with van der Waals surface area (Å²) in [6.07, 6.45) is 0. The minimum absolute atomic E-state index is 0.0344. The smallest absolute Gasteiger partial charge is 0.254 e. The number of rotatable bonds is 5. The van der Waals surface area contributed by atoms with Crippen LogP contribution in [0.25, 0.3) is 11.5 Å². The van der Waals surface area contributed by atoms with Crippen molar-refractivity contribution in [3.8, 4) is 17.2 Å². The molecular weight excluding hydrogens is 402 g/mol. The fraction of sp³-hybridized carbons (Fsp3) is 0.304. The molecular formula is C23H24ClN3O3. The number of aromatic nitrogens is 1. The molecule has 7 heteroatoms. The Labute approximate surface area is 181 Å². The number of halogens is 1. The zero-order valence-electron chi connectivity index (χ0n) is 17.1. The van der Waals surface area contributed by atoms with Crippen LogP contribution in [0.4, 0.5) is 0 Å². The molecule has 30 heavy (non-hydrogen) atoms. The molecule has 0 spiro atoms. The topological polar surface area (TPSA) is 58.8 Å². The van der Waals surface area contributed by atoms with Gasteiger partial charge in [-0.25, -0.2) is 4.98 Å². The zero-order chi connectivity index (χ0) is 21.1. The van der Waals surface area contributed by atoms with E-state index >= 15 is 0 Å². The van der Waals surface area contributed by atoms with Crippen molar-refractivity contribution < 1.29 is 13.9 Å². The molecule has 2 heterocycles. The average molecular weight is 426 g/mol. The summed E-state index contributed by atoms with van der Waals surface area (Å²) in [5, 5.41) is 0.620. The maximum atomic E-state index is 12.8. The van der Waals surface area contributed by atoms with Crippen LogP contribution in [-0.2, 0) is 6.54 Å². The quantitative estimate of drug-likeness (QED) is 0.611. The fourth-order valence-electron chi connectivity index (χ4n) is 3.58. The molecule has 0 bridgehead atoms. The molecule has 0 unspecified atom stereocenters. The SMILES string of the molecule is COc1cccc(C(=O)N2CCN(Cc3nc(-c4ccccc4Cl)oc3C)CC2)c1. The van der Waals surface area contributed by atoms with Gasteiger partial charge in [-0.05, 0) is 37.3 Å². The lowest BCUT2D eigenvalue weighted by molar-refractivity contribution is 0.0626. The Bertz CT molecular complexity index is 1040. The molecule has 1 aliphatic heterocycles. The molecule has 156 valence electrons. The van der Waals surface area contributed by atoms with Crippen LogP contribution in [-0.4, -0.2) is 54.0 Å². The third kappa shape index (κ3) is 4.35. The van der Waals surface area contributed by atoms with Crippen LogP contribution in [0.1, 0.15) is 21.8 Å². The van der Waals surface area contributed by atoms with Crippen LogP contribution in [0.15, 0.2) is 52.9 Å². The predicted molar refractivity (Wildman–Crippen MR) is 116 cm³/mol. The van der Waals surface area contributed by atoms with Crippen molar-refractivity contribution in [1.29, 1.82) is 0 Å². The van der Waals surface area contributed by atoms with Gasteiger partial charge in [0.1, 0.15) is 11.5 Å². The van der Waals surface area contributed by atoms with Crippen molar-refractivity contribution in [1.82, 2.24) is 14.8 Å². The first-order valence-corrected chi connectivity index (χ1v) is 10.3. The number of carbonyl (C=O) groups excluding carboxylic acids is 1. The number of benzene rings is 2. The van der Waals surface area contributed by atoms with Gasteiger partial charge in [-0.15, -0.1) is 0 Å². The molecule has 3 aromatic rings. The summed E-state index contributed by atoms with van der Waals surface area (Å²) in [7, 11) is 1.60. The lowest BCUT2D eigenvalue weighted by Gasteiger charge is -2.34. The molecule has 0 atom stereocenters. The number of hydrogen-bond acceptors (Lipinski definition) is 5. The Morgan fingerprint density at radius 1 is 1.13 bits per heavy atom. The van der Waals surface area contributed by atoms with E-state index in [1.54, 1.807) is 13.2 Å². The molecule has 0 aliphatic carbocycles. The summed E-state index contributed by atoms with van der Waals surface area (Å²) < 4.78 is 11.1. The summed E-state index contributed by atoms with van der Waals surface area (Å²) in [6.45, 7) is 5.51. The summed E-state index contributed by atoms with van der Waals surface area (Å²) in [5.74, 6) is 2.06. The van der Waals surface area contributed by atoms with Crippen molar-refractivity contribution in [2.24, 2.45) is 0 Å². The van der Waals surface area contributed by atoms with Gasteiger partial charge in [-0.1, -0.05) is 29.8 Å². The molecule has 2 aromatic carbocycles. The number of carbonyl (C=O) groups is 1. The fourth-order valence-corrected chi connectivity index (χ4v) is 3.80. The number of hydrogen-bond donors (Lipinski definition) is 0. The van der Waals surface area contributed by atoms with Crippen molar-refractivity contribution in [2.45, 2.75) is 13.5 Å². The molecule has 1 aliphatic rings. The zero-order valence-corrected chi connectivity index (χ0v) is 17.9. The molecule has 6 nitrogen and oxygen atoms in total. The third-order valence-corrected chi connectivity index (χ3v) is 5.68. The molecule has 0 saturated carbocycles. The van der Waals surface area contributed by atoms with E-state index in [4.69, 9.17) is 20.8 Å². The van der Waals surface area contributed by atoms with Crippen LogP contribution in [0.2, 0.25) is 5.02 Å². The maximum Gasteiger partial charge on any atom is 0.254 e. The monoisotopic (exact) mass is 425 g/mol. The first kappa shape index (κ1) is 20.4. The Hall–Kier alpha value is -2.83. The van der Waals surface area contributed by atoms with E-state index < -0.39 is 0 Å². The highest BCUT2D eigenvalue weighted by Crippen LogP contribution is 2.29. The van der Waals surface area contributed by atoms with E-state index in [2.05, 4.69) is 9.88 Å². The summed E-state index contributed by atoms with van der Waals surface area (Å²) in [5.41, 5.74) is 2.35. The molecule has 0 radical (unpaired) electrons. The summed E-state index contributed by atoms with van der Waals surface area (Å²) in [6, 6.07) is 14.8. The second-order valence-corrected chi connectivity index (χ2v) is 7.71. The van der Waals surface area contributed by atoms with Crippen LogP contribution in [0.5, 0.6) is 5.75 Å². The van der Waals surface area contributed by atoms with Crippen LogP contribution in [0.3, 0.4) is 0 Å². The van der Waals surface area contributed by atoms with Gasteiger partial charge >= 0.3 is 0 Å². The highest BCUT2D eigenvalue weighted by atomic mass is 35.5. The van der Waals surface area contributed by atoms with Gasteiger partial charge in [-0.2, -0.15) is 0 Å². The van der Waals surface area contributed by atoms with Crippen LogP contribution >= 0.6 is 11.6 Å². The normalized spacial score (nSPS) is 14.7. The second kappa shape index (κ2) is 8.90. The van der Waals surface area contributed by atoms with Gasteiger partial charge in [-0.3, -0.25) is 9.69 Å². The lowest BCUT2D eigenvalue weighted by atomic mass is 10.1. The van der Waals surface area contributed by atoms with Crippen LogP contribution in [0, 0.1) is 6.92 Å². The molecule has 4 rings (SSSR count). The van der Waals surface area contributed by atoms with E-state index in [9.17, 15) is 4.79 Å². The van der Waals surface area contributed by atoms with Gasteiger partial charge in [0.15, 0.2) is 0 Å². The van der Waals surface area contributed by atoms with Crippen molar-refractivity contribution >= 4 is 17.5 Å². The number of aryl methyl sites for hydroxylation is 1. The molecule has 1 saturated heterocycles. The van der Waals surface area contributed by atoms with E-state index in [-0.39, 0.29) is 5.91 Å². The Morgan fingerprint density at radius 3 is 2.63 bits per heavy atom. The number of nitrogens with zero attached hydrogens (tertiary/aromatic N) is 3. The summed E-state index contributed by atoms with van der Waals surface area (Å²) >= 11 is 6.27. The first-order valence-electron chi connectivity index (χ1n) is 9.92. The minimum Gasteiger partial charge on any atom is -0.497 e. The molecule has 1 aromatic heterocycles. The largest absolute Gasteiger partial charge is 0.497 e. The first-order chi connectivity index (χ1) is 14.5. The van der Waals surface area contributed by atoms with Gasteiger partial charge in [0.2, 0.25) is 5.89 Å². The molecule has 0 N–H and O–H groups in total. The highest BCUT2D eigenvalue weighted by molar-refractivity contribution is 6.33. The Kier molecular flexibility index (Phi) is 6.06. The third-order valence-electron chi connectivity index (χ3n) is 5.35. The van der Waals surface area contributed by atoms with E-state index in [1.807, 2.05) is 54.3 Å². The number of oxazole rings is 1. The lowest BCUT2D eigenvalue weighted by Crippen LogP contribution is -2.48. The Morgan fingerprint density at radius 2 is 1.90 bits per heavy atom. The maximum absolute atomic E-state index is 12.8. The van der Waals surface area contributed by atoms with E-state index in [0.717, 1.165) is 30.1 Å². The minimum atomic E-state index is 0.0344. The Balaban J connectivity index is 1.38. The van der Waals surface area contributed by atoms with Crippen LogP contribution < -0.4 is 4.74 Å².